The van der Waals surface area contributed by atoms with Gasteiger partial charge in [-0.15, -0.1) is 0 Å². The van der Waals surface area contributed by atoms with Crippen molar-refractivity contribution < 1.29 is 42.4 Å². The SMILES string of the molecule is O=C(O)OCC(F)(OC(=O)O)C(F)F. The molecule has 0 radical (unpaired) electrons. The van der Waals surface area contributed by atoms with Crippen molar-refractivity contribution in [2.75, 3.05) is 6.61 Å². The number of hydrogen-bond donors (Lipinski definition) is 2. The van der Waals surface area contributed by atoms with Gasteiger partial charge in [0.2, 0.25) is 0 Å². The Morgan fingerprint density at radius 1 is 1.29 bits per heavy atom. The molecule has 9 heteroatoms. The summed E-state index contributed by atoms with van der Waals surface area (Å²) in [4.78, 5) is 19.5. The van der Waals surface area contributed by atoms with Gasteiger partial charge in [-0.2, -0.15) is 4.39 Å². The third-order valence-corrected chi connectivity index (χ3v) is 0.975. The molecule has 0 aromatic heterocycles. The molecule has 82 valence electrons. The molecule has 0 aromatic carbocycles. The van der Waals surface area contributed by atoms with Gasteiger partial charge in [-0.05, 0) is 0 Å². The summed E-state index contributed by atoms with van der Waals surface area (Å²) in [5, 5.41) is 15.7. The Labute approximate surface area is 74.8 Å². The van der Waals surface area contributed by atoms with Crippen molar-refractivity contribution in [1.29, 1.82) is 0 Å². The zero-order valence-corrected chi connectivity index (χ0v) is 6.45. The summed E-state index contributed by atoms with van der Waals surface area (Å²) in [6.07, 6.45) is -8.18. The first-order valence-corrected chi connectivity index (χ1v) is 3.02. The lowest BCUT2D eigenvalue weighted by Gasteiger charge is -2.21. The summed E-state index contributed by atoms with van der Waals surface area (Å²) in [5.74, 6) is -3.98. The predicted molar refractivity (Wildman–Crippen MR) is 32.9 cm³/mol. The number of carboxylic acid groups (broad SMARTS) is 2. The van der Waals surface area contributed by atoms with Gasteiger partial charge in [-0.1, -0.05) is 0 Å². The average molecular weight is 218 g/mol. The highest BCUT2D eigenvalue weighted by Crippen LogP contribution is 2.23. The van der Waals surface area contributed by atoms with Gasteiger partial charge in [-0.25, -0.2) is 18.4 Å². The number of hydrogen-bond acceptors (Lipinski definition) is 4. The third-order valence-electron chi connectivity index (χ3n) is 0.975. The summed E-state index contributed by atoms with van der Waals surface area (Å²) < 4.78 is 43.1. The van der Waals surface area contributed by atoms with E-state index in [0.717, 1.165) is 0 Å². The third kappa shape index (κ3) is 3.83. The quantitative estimate of drug-likeness (QED) is 0.691. The Kier molecular flexibility index (Phi) is 3.99. The minimum absolute atomic E-state index is 1.73. The smallest absolute Gasteiger partial charge is 0.450 e. The van der Waals surface area contributed by atoms with E-state index in [1.54, 1.807) is 0 Å². The Balaban J connectivity index is 4.39. The van der Waals surface area contributed by atoms with E-state index in [0.29, 0.717) is 0 Å². The molecular weight excluding hydrogens is 213 g/mol. The van der Waals surface area contributed by atoms with Crippen molar-refractivity contribution in [2.24, 2.45) is 0 Å². The summed E-state index contributed by atoms with van der Waals surface area (Å²) in [6.45, 7) is -1.73. The summed E-state index contributed by atoms with van der Waals surface area (Å²) >= 11 is 0. The molecule has 0 bridgehead atoms. The first-order chi connectivity index (χ1) is 6.28. The maximum absolute atomic E-state index is 12.8. The van der Waals surface area contributed by atoms with Crippen molar-refractivity contribution >= 4 is 12.3 Å². The summed E-state index contributed by atoms with van der Waals surface area (Å²) in [6, 6.07) is 0. The van der Waals surface area contributed by atoms with E-state index < -0.39 is 31.2 Å². The molecular formula is C5H5F3O6. The Morgan fingerprint density at radius 3 is 2.07 bits per heavy atom. The molecule has 6 nitrogen and oxygen atoms in total. The number of rotatable bonds is 4. The Bertz CT molecular complexity index is 232. The first-order valence-electron chi connectivity index (χ1n) is 3.02. The molecule has 2 N–H and O–H groups in total. The van der Waals surface area contributed by atoms with E-state index in [2.05, 4.69) is 9.47 Å². The number of halogens is 3. The van der Waals surface area contributed by atoms with Gasteiger partial charge in [0, 0.05) is 0 Å². The molecule has 0 aliphatic carbocycles. The van der Waals surface area contributed by atoms with Crippen molar-refractivity contribution in [2.45, 2.75) is 12.3 Å². The van der Waals surface area contributed by atoms with Crippen LogP contribution in [-0.4, -0.2) is 41.4 Å². The van der Waals surface area contributed by atoms with Crippen LogP contribution >= 0.6 is 0 Å². The van der Waals surface area contributed by atoms with Crippen LogP contribution in [0.2, 0.25) is 0 Å². The normalized spacial score (nSPS) is 14.6. The van der Waals surface area contributed by atoms with Gasteiger partial charge in [-0.3, -0.25) is 0 Å². The van der Waals surface area contributed by atoms with Gasteiger partial charge >= 0.3 is 24.6 Å². The van der Waals surface area contributed by atoms with E-state index in [4.69, 9.17) is 10.2 Å². The van der Waals surface area contributed by atoms with Crippen LogP contribution in [0.15, 0.2) is 0 Å². The molecule has 0 amide bonds. The van der Waals surface area contributed by atoms with Gasteiger partial charge < -0.3 is 19.7 Å². The van der Waals surface area contributed by atoms with Gasteiger partial charge in [0.25, 0.3) is 0 Å². The van der Waals surface area contributed by atoms with Crippen molar-refractivity contribution in [3.8, 4) is 0 Å². The zero-order chi connectivity index (χ0) is 11.4. The predicted octanol–water partition coefficient (Wildman–Crippen LogP) is 1.31. The van der Waals surface area contributed by atoms with Crippen LogP contribution in [0.25, 0.3) is 0 Å². The van der Waals surface area contributed by atoms with Crippen LogP contribution in [0.4, 0.5) is 22.8 Å². The largest absolute Gasteiger partial charge is 0.508 e. The highest BCUT2D eigenvalue weighted by atomic mass is 19.3. The second-order valence-corrected chi connectivity index (χ2v) is 2.01. The van der Waals surface area contributed by atoms with Crippen LogP contribution in [0.5, 0.6) is 0 Å². The number of carbonyl (C=O) groups is 2. The minimum atomic E-state index is -3.98. The molecule has 0 aliphatic rings. The van der Waals surface area contributed by atoms with Crippen molar-refractivity contribution in [3.63, 3.8) is 0 Å². The van der Waals surface area contributed by atoms with Gasteiger partial charge in [0.1, 0.15) is 0 Å². The molecule has 0 rings (SSSR count). The monoisotopic (exact) mass is 218 g/mol. The lowest BCUT2D eigenvalue weighted by Crippen LogP contribution is -2.42. The van der Waals surface area contributed by atoms with Crippen LogP contribution in [-0.2, 0) is 9.47 Å². The fourth-order valence-corrected chi connectivity index (χ4v) is 0.442. The zero-order valence-electron chi connectivity index (χ0n) is 6.45. The fourth-order valence-electron chi connectivity index (χ4n) is 0.442. The molecule has 0 saturated carbocycles. The summed E-state index contributed by atoms with van der Waals surface area (Å²) in [5.41, 5.74) is 0. The molecule has 14 heavy (non-hydrogen) atoms. The van der Waals surface area contributed by atoms with Crippen LogP contribution in [0.1, 0.15) is 0 Å². The fraction of sp³-hybridized carbons (Fsp3) is 0.600. The van der Waals surface area contributed by atoms with E-state index in [9.17, 15) is 22.8 Å². The minimum Gasteiger partial charge on any atom is -0.450 e. The molecule has 0 fully saturated rings. The maximum Gasteiger partial charge on any atom is 0.508 e. The first kappa shape index (κ1) is 12.3. The van der Waals surface area contributed by atoms with Crippen molar-refractivity contribution in [3.05, 3.63) is 0 Å². The Morgan fingerprint density at radius 2 is 1.79 bits per heavy atom. The van der Waals surface area contributed by atoms with Crippen molar-refractivity contribution in [1.82, 2.24) is 0 Å². The van der Waals surface area contributed by atoms with E-state index >= 15 is 0 Å². The highest BCUT2D eigenvalue weighted by molar-refractivity contribution is 5.58. The van der Waals surface area contributed by atoms with Crippen LogP contribution in [0.3, 0.4) is 0 Å². The molecule has 1 atom stereocenters. The number of ether oxygens (including phenoxy) is 2. The maximum atomic E-state index is 12.8. The second kappa shape index (κ2) is 4.53. The topological polar surface area (TPSA) is 93.1 Å². The molecule has 0 heterocycles. The molecule has 0 saturated heterocycles. The highest BCUT2D eigenvalue weighted by Gasteiger charge is 2.46. The van der Waals surface area contributed by atoms with E-state index in [-0.39, 0.29) is 0 Å². The number of alkyl halides is 3. The molecule has 0 aliphatic heterocycles. The van der Waals surface area contributed by atoms with E-state index in [1.807, 2.05) is 0 Å². The standard InChI is InChI=1S/C5H5F3O6/c6-2(7)5(8,14-4(11)12)1-13-3(9)10/h2H,1H2,(H,9,10)(H,11,12). The summed E-state index contributed by atoms with van der Waals surface area (Å²) in [7, 11) is 0. The molecule has 0 aromatic rings. The molecule has 0 spiro atoms. The second-order valence-electron chi connectivity index (χ2n) is 2.01. The van der Waals surface area contributed by atoms with Crippen LogP contribution < -0.4 is 0 Å². The lowest BCUT2D eigenvalue weighted by molar-refractivity contribution is -0.215. The van der Waals surface area contributed by atoms with Gasteiger partial charge in [0.15, 0.2) is 6.61 Å². The van der Waals surface area contributed by atoms with Crippen LogP contribution in [0, 0.1) is 0 Å². The molecule has 1 unspecified atom stereocenters. The average Bonchev–Trinajstić information content (AvgIpc) is 1.99. The Hall–Kier alpha value is -1.67. The van der Waals surface area contributed by atoms with E-state index in [1.165, 1.54) is 0 Å². The van der Waals surface area contributed by atoms with Gasteiger partial charge in [0.05, 0.1) is 0 Å². The lowest BCUT2D eigenvalue weighted by atomic mass is 10.3.